The van der Waals surface area contributed by atoms with Gasteiger partial charge in [0.15, 0.2) is 0 Å². The van der Waals surface area contributed by atoms with Crippen LogP contribution in [0.4, 0.5) is 17.6 Å². The van der Waals surface area contributed by atoms with Crippen LogP contribution < -0.4 is 5.32 Å². The molecule has 0 aliphatic heterocycles. The van der Waals surface area contributed by atoms with Crippen molar-refractivity contribution in [3.63, 3.8) is 0 Å². The molecule has 2 aliphatic rings. The summed E-state index contributed by atoms with van der Waals surface area (Å²) in [5.74, 6) is -3.08. The van der Waals surface area contributed by atoms with E-state index in [2.05, 4.69) is 5.32 Å². The fraction of sp³-hybridized carbons (Fsp3) is 0.556. The summed E-state index contributed by atoms with van der Waals surface area (Å²) in [5, 5.41) is 11.7. The zero-order chi connectivity index (χ0) is 19.1. The van der Waals surface area contributed by atoms with Gasteiger partial charge in [0.1, 0.15) is 5.82 Å². The Hall–Kier alpha value is -2.12. The number of carbonyl (C=O) groups excluding carboxylic acids is 1. The van der Waals surface area contributed by atoms with Crippen LogP contribution in [0.25, 0.3) is 0 Å². The van der Waals surface area contributed by atoms with E-state index < -0.39 is 40.8 Å². The lowest BCUT2D eigenvalue weighted by Crippen LogP contribution is -2.36. The van der Waals surface area contributed by atoms with Gasteiger partial charge in [-0.25, -0.2) is 4.39 Å². The molecule has 1 aromatic rings. The number of amides is 1. The van der Waals surface area contributed by atoms with E-state index in [0.29, 0.717) is 31.7 Å². The highest BCUT2D eigenvalue weighted by Gasteiger charge is 2.46. The Morgan fingerprint density at radius 3 is 2.35 bits per heavy atom. The highest BCUT2D eigenvalue weighted by Crippen LogP contribution is 2.49. The Balaban J connectivity index is 1.66. The Bertz CT molecular complexity index is 728. The molecule has 0 bridgehead atoms. The number of aliphatic carboxylic acids is 1. The first-order chi connectivity index (χ1) is 12.1. The normalized spacial score (nSPS) is 24.3. The fourth-order valence-electron chi connectivity index (χ4n) is 3.62. The quantitative estimate of drug-likeness (QED) is 0.777. The highest BCUT2D eigenvalue weighted by molar-refractivity contribution is 5.81. The SMILES string of the molecule is O=C(O)[C@@H]1CC[C@H](C(=O)NCC2(c3cc(F)cc(C(F)(F)F)c3)CC2)C1. The van der Waals surface area contributed by atoms with Gasteiger partial charge in [0.25, 0.3) is 0 Å². The van der Waals surface area contributed by atoms with Crippen LogP contribution in [0.2, 0.25) is 0 Å². The number of halogens is 4. The van der Waals surface area contributed by atoms with E-state index in [1.165, 1.54) is 0 Å². The Kier molecular flexibility index (Phi) is 4.71. The Morgan fingerprint density at radius 2 is 1.81 bits per heavy atom. The number of hydrogen-bond acceptors (Lipinski definition) is 2. The van der Waals surface area contributed by atoms with Gasteiger partial charge in [-0.2, -0.15) is 13.2 Å². The van der Waals surface area contributed by atoms with Crippen molar-refractivity contribution in [3.05, 3.63) is 35.1 Å². The van der Waals surface area contributed by atoms with Gasteiger partial charge in [0, 0.05) is 17.9 Å². The molecule has 0 radical (unpaired) electrons. The standard InChI is InChI=1S/C18H19F4NO3/c19-14-7-12(6-13(8-14)18(20,21)22)17(3-4-17)9-23-15(24)10-1-2-11(5-10)16(25)26/h6-8,10-11H,1-5,9H2,(H,23,24)(H,25,26)/t10-,11+/m0/s1. The molecule has 1 amide bonds. The molecule has 2 saturated carbocycles. The lowest BCUT2D eigenvalue weighted by atomic mass is 9.93. The zero-order valence-electron chi connectivity index (χ0n) is 13.9. The van der Waals surface area contributed by atoms with E-state index in [-0.39, 0.29) is 24.4 Å². The molecule has 4 nitrogen and oxygen atoms in total. The van der Waals surface area contributed by atoms with E-state index in [4.69, 9.17) is 5.11 Å². The first-order valence-corrected chi connectivity index (χ1v) is 8.49. The van der Waals surface area contributed by atoms with Crippen molar-refractivity contribution >= 4 is 11.9 Å². The first-order valence-electron chi connectivity index (χ1n) is 8.49. The second-order valence-corrected chi connectivity index (χ2v) is 7.27. The average Bonchev–Trinajstić information content (AvgIpc) is 3.17. The molecule has 8 heteroatoms. The lowest BCUT2D eigenvalue weighted by molar-refractivity contribution is -0.141. The second-order valence-electron chi connectivity index (χ2n) is 7.27. The van der Waals surface area contributed by atoms with Crippen molar-refractivity contribution in [1.82, 2.24) is 5.32 Å². The molecule has 0 unspecified atom stereocenters. The van der Waals surface area contributed by atoms with Gasteiger partial charge in [0.2, 0.25) is 5.91 Å². The molecule has 0 saturated heterocycles. The zero-order valence-corrected chi connectivity index (χ0v) is 13.9. The summed E-state index contributed by atoms with van der Waals surface area (Å²) < 4.78 is 52.3. The average molecular weight is 373 g/mol. The summed E-state index contributed by atoms with van der Waals surface area (Å²) in [5.41, 5.74) is -1.48. The molecule has 2 fully saturated rings. The maximum absolute atomic E-state index is 13.6. The summed E-state index contributed by atoms with van der Waals surface area (Å²) in [6.45, 7) is 0.126. The van der Waals surface area contributed by atoms with Gasteiger partial charge in [0.05, 0.1) is 11.5 Å². The highest BCUT2D eigenvalue weighted by atomic mass is 19.4. The van der Waals surface area contributed by atoms with Crippen LogP contribution in [0.5, 0.6) is 0 Å². The predicted octanol–water partition coefficient (Wildman–Crippen LogP) is 3.49. The molecule has 0 aromatic heterocycles. The summed E-state index contributed by atoms with van der Waals surface area (Å²) in [7, 11) is 0. The first kappa shape index (κ1) is 18.7. The van der Waals surface area contributed by atoms with Crippen molar-refractivity contribution in [2.24, 2.45) is 11.8 Å². The number of nitrogens with one attached hydrogen (secondary N) is 1. The monoisotopic (exact) mass is 373 g/mol. The number of hydrogen-bond donors (Lipinski definition) is 2. The third kappa shape index (κ3) is 3.83. The van der Waals surface area contributed by atoms with Gasteiger partial charge < -0.3 is 10.4 Å². The van der Waals surface area contributed by atoms with Crippen LogP contribution in [-0.4, -0.2) is 23.5 Å². The van der Waals surface area contributed by atoms with Crippen LogP contribution in [0.15, 0.2) is 18.2 Å². The lowest BCUT2D eigenvalue weighted by Gasteiger charge is -2.20. The third-order valence-corrected chi connectivity index (χ3v) is 5.44. The van der Waals surface area contributed by atoms with Crippen molar-refractivity contribution in [3.8, 4) is 0 Å². The molecule has 142 valence electrons. The minimum atomic E-state index is -4.63. The molecule has 2 N–H and O–H groups in total. The molecular weight excluding hydrogens is 354 g/mol. The number of carbonyl (C=O) groups is 2. The predicted molar refractivity (Wildman–Crippen MR) is 83.8 cm³/mol. The number of carboxylic acid groups (broad SMARTS) is 1. The molecule has 3 rings (SSSR count). The third-order valence-electron chi connectivity index (χ3n) is 5.44. The number of rotatable bonds is 5. The van der Waals surface area contributed by atoms with Crippen LogP contribution in [0.3, 0.4) is 0 Å². The number of benzene rings is 1. The van der Waals surface area contributed by atoms with E-state index in [1.807, 2.05) is 0 Å². The van der Waals surface area contributed by atoms with Crippen molar-refractivity contribution in [1.29, 1.82) is 0 Å². The van der Waals surface area contributed by atoms with E-state index in [1.54, 1.807) is 0 Å². The molecule has 0 heterocycles. The van der Waals surface area contributed by atoms with Crippen molar-refractivity contribution in [2.75, 3.05) is 6.54 Å². The minimum absolute atomic E-state index is 0.126. The molecule has 2 aliphatic carbocycles. The summed E-state index contributed by atoms with van der Waals surface area (Å²) >= 11 is 0. The van der Waals surface area contributed by atoms with Gasteiger partial charge in [-0.3, -0.25) is 9.59 Å². The molecule has 0 spiro atoms. The van der Waals surface area contributed by atoms with E-state index in [9.17, 15) is 27.2 Å². The number of carboxylic acids is 1. The number of alkyl halides is 3. The second kappa shape index (κ2) is 6.55. The summed E-state index contributed by atoms with van der Waals surface area (Å²) in [6.07, 6.45) is -2.31. The maximum Gasteiger partial charge on any atom is 0.416 e. The summed E-state index contributed by atoms with van der Waals surface area (Å²) in [6, 6.07) is 2.49. The van der Waals surface area contributed by atoms with Crippen LogP contribution >= 0.6 is 0 Å². The van der Waals surface area contributed by atoms with Crippen molar-refractivity contribution < 1.29 is 32.3 Å². The largest absolute Gasteiger partial charge is 0.481 e. The topological polar surface area (TPSA) is 66.4 Å². The summed E-state index contributed by atoms with van der Waals surface area (Å²) in [4.78, 5) is 23.2. The van der Waals surface area contributed by atoms with Crippen LogP contribution in [-0.2, 0) is 21.2 Å². The Labute approximate surface area is 147 Å². The van der Waals surface area contributed by atoms with Crippen LogP contribution in [0.1, 0.15) is 43.2 Å². The van der Waals surface area contributed by atoms with Gasteiger partial charge in [-0.1, -0.05) is 0 Å². The molecule has 2 atom stereocenters. The molecule has 26 heavy (non-hydrogen) atoms. The van der Waals surface area contributed by atoms with Gasteiger partial charge >= 0.3 is 12.1 Å². The van der Waals surface area contributed by atoms with Gasteiger partial charge in [-0.05, 0) is 55.9 Å². The van der Waals surface area contributed by atoms with Crippen molar-refractivity contribution in [2.45, 2.75) is 43.7 Å². The fourth-order valence-corrected chi connectivity index (χ4v) is 3.62. The molecule has 1 aromatic carbocycles. The molecular formula is C18H19F4NO3. The van der Waals surface area contributed by atoms with Gasteiger partial charge in [-0.15, -0.1) is 0 Å². The Morgan fingerprint density at radius 1 is 1.15 bits per heavy atom. The van der Waals surface area contributed by atoms with Crippen LogP contribution in [0, 0.1) is 17.7 Å². The maximum atomic E-state index is 13.6. The smallest absolute Gasteiger partial charge is 0.416 e. The minimum Gasteiger partial charge on any atom is -0.481 e. The van der Waals surface area contributed by atoms with E-state index >= 15 is 0 Å². The van der Waals surface area contributed by atoms with E-state index in [0.717, 1.165) is 12.1 Å².